The van der Waals surface area contributed by atoms with Crippen LogP contribution in [0.1, 0.15) is 23.2 Å². The number of halogens is 1. The fraction of sp³-hybridized carbons (Fsp3) is 0.500. The van der Waals surface area contributed by atoms with Gasteiger partial charge < -0.3 is 14.4 Å². The third-order valence-corrected chi connectivity index (χ3v) is 3.93. The van der Waals surface area contributed by atoms with Gasteiger partial charge in [-0.05, 0) is 37.0 Å². The van der Waals surface area contributed by atoms with Crippen LogP contribution in [0.5, 0.6) is 11.5 Å². The summed E-state index contributed by atoms with van der Waals surface area (Å²) in [4.78, 5) is 14.3. The van der Waals surface area contributed by atoms with Crippen LogP contribution in [0.4, 0.5) is 0 Å². The van der Waals surface area contributed by atoms with Crippen LogP contribution in [0.15, 0.2) is 18.2 Å². The van der Waals surface area contributed by atoms with E-state index in [1.165, 1.54) is 0 Å². The lowest BCUT2D eigenvalue weighted by Crippen LogP contribution is -2.28. The number of carbonyl (C=O) groups excluding carboxylic acids is 1. The maximum Gasteiger partial charge on any atom is 0.254 e. The van der Waals surface area contributed by atoms with Gasteiger partial charge in [0.15, 0.2) is 11.5 Å². The van der Waals surface area contributed by atoms with Crippen molar-refractivity contribution in [2.75, 3.05) is 25.8 Å². The van der Waals surface area contributed by atoms with E-state index in [0.717, 1.165) is 25.9 Å². The van der Waals surface area contributed by atoms with Gasteiger partial charge in [0, 0.05) is 24.5 Å². The molecule has 0 spiro atoms. The molecular formula is C14H16ClNO3. The van der Waals surface area contributed by atoms with Crippen LogP contribution in [0.2, 0.25) is 0 Å². The molecule has 1 aromatic rings. The van der Waals surface area contributed by atoms with Gasteiger partial charge in [-0.1, -0.05) is 0 Å². The van der Waals surface area contributed by atoms with Gasteiger partial charge in [0.05, 0.1) is 0 Å². The standard InChI is InChI=1S/C14H16ClNO3/c15-5-3-10-4-6-16(8-10)14(17)11-1-2-12-13(7-11)19-9-18-12/h1-2,7,10H,3-6,8-9H2. The molecule has 1 aromatic carbocycles. The predicted molar refractivity (Wildman–Crippen MR) is 71.9 cm³/mol. The maximum atomic E-state index is 12.4. The molecule has 0 N–H and O–H groups in total. The predicted octanol–water partition coefficient (Wildman–Crippen LogP) is 2.51. The Morgan fingerprint density at radius 2 is 2.21 bits per heavy atom. The number of ether oxygens (including phenoxy) is 2. The van der Waals surface area contributed by atoms with Gasteiger partial charge in [-0.3, -0.25) is 4.79 Å². The van der Waals surface area contributed by atoms with Crippen molar-refractivity contribution in [1.82, 2.24) is 4.90 Å². The van der Waals surface area contributed by atoms with E-state index in [1.54, 1.807) is 18.2 Å². The molecule has 2 aliphatic heterocycles. The minimum atomic E-state index is 0.0652. The average molecular weight is 282 g/mol. The third kappa shape index (κ3) is 2.50. The molecule has 0 aromatic heterocycles. The zero-order chi connectivity index (χ0) is 13.2. The number of nitrogens with zero attached hydrogens (tertiary/aromatic N) is 1. The van der Waals surface area contributed by atoms with Crippen molar-refractivity contribution >= 4 is 17.5 Å². The third-order valence-electron chi connectivity index (χ3n) is 3.71. The second-order valence-corrected chi connectivity index (χ2v) is 5.33. The van der Waals surface area contributed by atoms with E-state index in [1.807, 2.05) is 4.90 Å². The van der Waals surface area contributed by atoms with Gasteiger partial charge in [-0.25, -0.2) is 0 Å². The van der Waals surface area contributed by atoms with Crippen molar-refractivity contribution < 1.29 is 14.3 Å². The van der Waals surface area contributed by atoms with Crippen LogP contribution in [0.3, 0.4) is 0 Å². The van der Waals surface area contributed by atoms with E-state index in [9.17, 15) is 4.79 Å². The van der Waals surface area contributed by atoms with E-state index in [0.29, 0.717) is 28.9 Å². The first kappa shape index (κ1) is 12.6. The molecule has 1 unspecified atom stereocenters. The molecule has 0 bridgehead atoms. The minimum Gasteiger partial charge on any atom is -0.454 e. The Bertz CT molecular complexity index is 492. The van der Waals surface area contributed by atoms with Gasteiger partial charge in [-0.15, -0.1) is 11.6 Å². The van der Waals surface area contributed by atoms with Crippen LogP contribution in [0, 0.1) is 5.92 Å². The van der Waals surface area contributed by atoms with Gasteiger partial charge in [0.1, 0.15) is 0 Å². The van der Waals surface area contributed by atoms with Crippen LogP contribution >= 0.6 is 11.6 Å². The summed E-state index contributed by atoms with van der Waals surface area (Å²) in [7, 11) is 0. The number of likely N-dealkylation sites (tertiary alicyclic amines) is 1. The Morgan fingerprint density at radius 1 is 1.37 bits per heavy atom. The summed E-state index contributed by atoms with van der Waals surface area (Å²) in [6.45, 7) is 1.85. The lowest BCUT2D eigenvalue weighted by atomic mass is 10.1. The van der Waals surface area contributed by atoms with Gasteiger partial charge >= 0.3 is 0 Å². The summed E-state index contributed by atoms with van der Waals surface area (Å²) in [6, 6.07) is 5.35. The molecule has 0 saturated carbocycles. The summed E-state index contributed by atoms with van der Waals surface area (Å²) >= 11 is 5.76. The van der Waals surface area contributed by atoms with E-state index < -0.39 is 0 Å². The molecule has 0 radical (unpaired) electrons. The molecule has 19 heavy (non-hydrogen) atoms. The molecule has 0 aliphatic carbocycles. The molecule has 4 nitrogen and oxygen atoms in total. The second-order valence-electron chi connectivity index (χ2n) is 4.95. The topological polar surface area (TPSA) is 38.8 Å². The Hall–Kier alpha value is -1.42. The lowest BCUT2D eigenvalue weighted by molar-refractivity contribution is 0.0786. The Balaban J connectivity index is 1.71. The number of fused-ring (bicyclic) bond motifs is 1. The van der Waals surface area contributed by atoms with E-state index in [2.05, 4.69) is 0 Å². The highest BCUT2D eigenvalue weighted by Crippen LogP contribution is 2.33. The van der Waals surface area contributed by atoms with Crippen LogP contribution in [-0.2, 0) is 0 Å². The first-order chi connectivity index (χ1) is 9.28. The molecule has 2 heterocycles. The summed E-state index contributed by atoms with van der Waals surface area (Å²) in [6.07, 6.45) is 2.02. The highest BCUT2D eigenvalue weighted by molar-refractivity contribution is 6.17. The summed E-state index contributed by atoms with van der Waals surface area (Å²) < 4.78 is 10.5. The van der Waals surface area contributed by atoms with Gasteiger partial charge in [-0.2, -0.15) is 0 Å². The largest absolute Gasteiger partial charge is 0.454 e. The minimum absolute atomic E-state index is 0.0652. The quantitative estimate of drug-likeness (QED) is 0.799. The number of hydrogen-bond acceptors (Lipinski definition) is 3. The van der Waals surface area contributed by atoms with Crippen molar-refractivity contribution in [3.8, 4) is 11.5 Å². The molecule has 1 saturated heterocycles. The fourth-order valence-electron chi connectivity index (χ4n) is 2.62. The molecule has 1 amide bonds. The Labute approximate surface area is 117 Å². The monoisotopic (exact) mass is 281 g/mol. The normalized spacial score (nSPS) is 20.9. The number of carbonyl (C=O) groups is 1. The van der Waals surface area contributed by atoms with Crippen LogP contribution in [0.25, 0.3) is 0 Å². The van der Waals surface area contributed by atoms with Crippen molar-refractivity contribution in [1.29, 1.82) is 0 Å². The smallest absolute Gasteiger partial charge is 0.254 e. The van der Waals surface area contributed by atoms with Crippen molar-refractivity contribution in [2.45, 2.75) is 12.8 Å². The van der Waals surface area contributed by atoms with Gasteiger partial charge in [0.25, 0.3) is 5.91 Å². The zero-order valence-electron chi connectivity index (χ0n) is 10.6. The van der Waals surface area contributed by atoms with Crippen molar-refractivity contribution in [3.05, 3.63) is 23.8 Å². The van der Waals surface area contributed by atoms with Crippen molar-refractivity contribution in [3.63, 3.8) is 0 Å². The SMILES string of the molecule is O=C(c1ccc2c(c1)OCO2)N1CCC(CCCl)C1. The second kappa shape index (κ2) is 5.29. The summed E-state index contributed by atoms with van der Waals surface area (Å²) in [5.74, 6) is 2.63. The Morgan fingerprint density at radius 3 is 3.05 bits per heavy atom. The summed E-state index contributed by atoms with van der Waals surface area (Å²) in [5, 5.41) is 0. The first-order valence-corrected chi connectivity index (χ1v) is 7.06. The van der Waals surface area contributed by atoms with Crippen LogP contribution in [-0.4, -0.2) is 36.6 Å². The number of amides is 1. The Kier molecular flexibility index (Phi) is 3.51. The molecule has 2 aliphatic rings. The number of alkyl halides is 1. The molecular weight excluding hydrogens is 266 g/mol. The summed E-state index contributed by atoms with van der Waals surface area (Å²) in [5.41, 5.74) is 0.663. The lowest BCUT2D eigenvalue weighted by Gasteiger charge is -2.16. The number of rotatable bonds is 3. The molecule has 5 heteroatoms. The average Bonchev–Trinajstić information content (AvgIpc) is 3.05. The van der Waals surface area contributed by atoms with Crippen LogP contribution < -0.4 is 9.47 Å². The first-order valence-electron chi connectivity index (χ1n) is 6.53. The van der Waals surface area contributed by atoms with E-state index in [-0.39, 0.29) is 12.7 Å². The highest BCUT2D eigenvalue weighted by Gasteiger charge is 2.27. The zero-order valence-corrected chi connectivity index (χ0v) is 11.4. The molecule has 102 valence electrons. The van der Waals surface area contributed by atoms with Crippen molar-refractivity contribution in [2.24, 2.45) is 5.92 Å². The number of benzene rings is 1. The maximum absolute atomic E-state index is 12.4. The van der Waals surface area contributed by atoms with E-state index in [4.69, 9.17) is 21.1 Å². The molecule has 1 atom stereocenters. The molecule has 3 rings (SSSR count). The highest BCUT2D eigenvalue weighted by atomic mass is 35.5. The molecule has 1 fully saturated rings. The van der Waals surface area contributed by atoms with Gasteiger partial charge in [0.2, 0.25) is 6.79 Å². The number of hydrogen-bond donors (Lipinski definition) is 0. The van der Waals surface area contributed by atoms with E-state index >= 15 is 0 Å². The fourth-order valence-corrected chi connectivity index (χ4v) is 2.93.